The van der Waals surface area contributed by atoms with Gasteiger partial charge in [0.05, 0.1) is 0 Å². The second kappa shape index (κ2) is 3.98. The molecule has 0 spiro atoms. The lowest BCUT2D eigenvalue weighted by atomic mass is 10.0. The van der Waals surface area contributed by atoms with Crippen LogP contribution in [0.15, 0.2) is 18.2 Å². The molecule has 1 aromatic carbocycles. The third-order valence-corrected chi connectivity index (χ3v) is 2.33. The summed E-state index contributed by atoms with van der Waals surface area (Å²) in [6.07, 6.45) is 0.741. The van der Waals surface area contributed by atoms with Crippen LogP contribution in [0.3, 0.4) is 0 Å². The van der Waals surface area contributed by atoms with Crippen molar-refractivity contribution in [3.05, 3.63) is 33.1 Å². The fraction of sp³-hybridized carbons (Fsp3) is 0.222. The number of hydrogen-bond donors (Lipinski definition) is 0. The van der Waals surface area contributed by atoms with Crippen LogP contribution in [0, 0.1) is 9.39 Å². The van der Waals surface area contributed by atoms with Crippen LogP contribution >= 0.6 is 22.6 Å². The number of carbonyl (C=O) groups excluding carboxylic acids is 1. The zero-order chi connectivity index (χ0) is 9.14. The third kappa shape index (κ3) is 2.03. The van der Waals surface area contributed by atoms with Gasteiger partial charge in [-0.3, -0.25) is 0 Å². The molecule has 0 aromatic heterocycles. The van der Waals surface area contributed by atoms with E-state index in [1.54, 1.807) is 19.1 Å². The maximum Gasteiger partial charge on any atom is 0.128 e. The number of aldehydes is 1. The van der Waals surface area contributed by atoms with Crippen molar-refractivity contribution in [1.82, 2.24) is 0 Å². The monoisotopic (exact) mass is 278 g/mol. The summed E-state index contributed by atoms with van der Waals surface area (Å²) in [6, 6.07) is 4.87. The van der Waals surface area contributed by atoms with Gasteiger partial charge in [0, 0.05) is 9.49 Å². The number of benzene rings is 1. The van der Waals surface area contributed by atoms with Gasteiger partial charge in [0.2, 0.25) is 0 Å². The molecule has 12 heavy (non-hydrogen) atoms. The molecule has 3 heteroatoms. The van der Waals surface area contributed by atoms with E-state index in [0.717, 1.165) is 9.86 Å². The molecule has 0 radical (unpaired) electrons. The standard InChI is InChI=1S/C9H8FIO/c1-6(5-12)8-3-2-7(11)4-9(8)10/h2-6H,1H3. The average molecular weight is 278 g/mol. The summed E-state index contributed by atoms with van der Waals surface area (Å²) in [5.74, 6) is -0.663. The highest BCUT2D eigenvalue weighted by molar-refractivity contribution is 14.1. The van der Waals surface area contributed by atoms with Crippen molar-refractivity contribution < 1.29 is 9.18 Å². The first-order chi connectivity index (χ1) is 5.65. The largest absolute Gasteiger partial charge is 0.303 e. The van der Waals surface area contributed by atoms with Gasteiger partial charge < -0.3 is 4.79 Å². The topological polar surface area (TPSA) is 17.1 Å². The lowest BCUT2D eigenvalue weighted by Gasteiger charge is -2.04. The Bertz CT molecular complexity index is 299. The molecule has 1 aromatic rings. The first kappa shape index (κ1) is 9.64. The average Bonchev–Trinajstić information content (AvgIpc) is 2.03. The quantitative estimate of drug-likeness (QED) is 0.600. The Balaban J connectivity index is 3.09. The number of carbonyl (C=O) groups is 1. The van der Waals surface area contributed by atoms with Crippen LogP contribution in [0.1, 0.15) is 18.4 Å². The summed E-state index contributed by atoms with van der Waals surface area (Å²) in [5, 5.41) is 0. The molecule has 64 valence electrons. The molecule has 0 saturated carbocycles. The predicted octanol–water partition coefficient (Wildman–Crippen LogP) is 2.73. The maximum atomic E-state index is 13.1. The van der Waals surface area contributed by atoms with E-state index in [1.807, 2.05) is 22.6 Å². The molecule has 0 aliphatic heterocycles. The van der Waals surface area contributed by atoms with Gasteiger partial charge in [0.25, 0.3) is 0 Å². The van der Waals surface area contributed by atoms with Crippen molar-refractivity contribution in [3.8, 4) is 0 Å². The smallest absolute Gasteiger partial charge is 0.128 e. The molecular weight excluding hydrogens is 270 g/mol. The molecule has 0 N–H and O–H groups in total. The van der Waals surface area contributed by atoms with Crippen LogP contribution in [0.5, 0.6) is 0 Å². The normalized spacial score (nSPS) is 12.6. The molecule has 0 saturated heterocycles. The summed E-state index contributed by atoms with van der Waals surface area (Å²) in [5.41, 5.74) is 0.463. The highest BCUT2D eigenvalue weighted by Gasteiger charge is 2.09. The number of hydrogen-bond acceptors (Lipinski definition) is 1. The van der Waals surface area contributed by atoms with E-state index >= 15 is 0 Å². The van der Waals surface area contributed by atoms with E-state index in [2.05, 4.69) is 0 Å². The number of halogens is 2. The van der Waals surface area contributed by atoms with Crippen LogP contribution in [-0.2, 0) is 4.79 Å². The van der Waals surface area contributed by atoms with E-state index in [-0.39, 0.29) is 11.7 Å². The summed E-state index contributed by atoms with van der Waals surface area (Å²) < 4.78 is 14.0. The Kier molecular flexibility index (Phi) is 3.20. The molecule has 1 atom stereocenters. The van der Waals surface area contributed by atoms with Gasteiger partial charge in [-0.2, -0.15) is 0 Å². The maximum absolute atomic E-state index is 13.1. The first-order valence-corrected chi connectivity index (χ1v) is 4.63. The Morgan fingerprint density at radius 3 is 2.75 bits per heavy atom. The molecule has 0 fully saturated rings. The van der Waals surface area contributed by atoms with Crippen LogP contribution in [0.2, 0.25) is 0 Å². The van der Waals surface area contributed by atoms with Gasteiger partial charge in [-0.05, 0) is 40.3 Å². The van der Waals surface area contributed by atoms with Gasteiger partial charge in [-0.1, -0.05) is 13.0 Å². The van der Waals surface area contributed by atoms with Gasteiger partial charge in [-0.25, -0.2) is 4.39 Å². The molecule has 1 rings (SSSR count). The minimum absolute atomic E-state index is 0.304. The minimum Gasteiger partial charge on any atom is -0.303 e. The van der Waals surface area contributed by atoms with Crippen molar-refractivity contribution in [2.45, 2.75) is 12.8 Å². The van der Waals surface area contributed by atoms with E-state index in [9.17, 15) is 9.18 Å². The summed E-state index contributed by atoms with van der Waals surface area (Å²) in [6.45, 7) is 1.68. The van der Waals surface area contributed by atoms with E-state index in [0.29, 0.717) is 5.56 Å². The van der Waals surface area contributed by atoms with Crippen molar-refractivity contribution in [1.29, 1.82) is 0 Å². The van der Waals surface area contributed by atoms with Crippen molar-refractivity contribution >= 4 is 28.9 Å². The van der Waals surface area contributed by atoms with Gasteiger partial charge in [-0.15, -0.1) is 0 Å². The molecule has 0 aliphatic rings. The van der Waals surface area contributed by atoms with Crippen LogP contribution in [0.25, 0.3) is 0 Å². The zero-order valence-electron chi connectivity index (χ0n) is 6.55. The third-order valence-electron chi connectivity index (χ3n) is 1.66. The van der Waals surface area contributed by atoms with Crippen LogP contribution < -0.4 is 0 Å². The lowest BCUT2D eigenvalue weighted by molar-refractivity contribution is -0.108. The second-order valence-corrected chi connectivity index (χ2v) is 3.84. The zero-order valence-corrected chi connectivity index (χ0v) is 8.71. The highest BCUT2D eigenvalue weighted by atomic mass is 127. The predicted molar refractivity (Wildman–Crippen MR) is 53.6 cm³/mol. The number of rotatable bonds is 2. The Morgan fingerprint density at radius 2 is 2.25 bits per heavy atom. The minimum atomic E-state index is -0.359. The molecule has 0 amide bonds. The second-order valence-electron chi connectivity index (χ2n) is 2.59. The molecule has 1 unspecified atom stereocenters. The van der Waals surface area contributed by atoms with E-state index in [4.69, 9.17) is 0 Å². The molecule has 0 aliphatic carbocycles. The Morgan fingerprint density at radius 1 is 1.58 bits per heavy atom. The lowest BCUT2D eigenvalue weighted by Crippen LogP contribution is -1.98. The van der Waals surface area contributed by atoms with Gasteiger partial charge in [0.1, 0.15) is 12.1 Å². The van der Waals surface area contributed by atoms with Crippen LogP contribution in [0.4, 0.5) is 4.39 Å². The summed E-state index contributed by atoms with van der Waals surface area (Å²) in [4.78, 5) is 10.4. The molecular formula is C9H8FIO. The molecule has 0 bridgehead atoms. The van der Waals surface area contributed by atoms with Gasteiger partial charge >= 0.3 is 0 Å². The Hall–Kier alpha value is -0.450. The fourth-order valence-electron chi connectivity index (χ4n) is 0.944. The Labute approximate surface area is 84.1 Å². The first-order valence-electron chi connectivity index (χ1n) is 3.55. The van der Waals surface area contributed by atoms with Crippen molar-refractivity contribution in [2.24, 2.45) is 0 Å². The fourth-order valence-corrected chi connectivity index (χ4v) is 1.40. The van der Waals surface area contributed by atoms with E-state index < -0.39 is 0 Å². The van der Waals surface area contributed by atoms with Crippen molar-refractivity contribution in [3.63, 3.8) is 0 Å². The SMILES string of the molecule is CC(C=O)c1ccc(I)cc1F. The highest BCUT2D eigenvalue weighted by Crippen LogP contribution is 2.18. The molecule has 1 nitrogen and oxygen atoms in total. The van der Waals surface area contributed by atoms with Gasteiger partial charge in [0.15, 0.2) is 0 Å². The van der Waals surface area contributed by atoms with E-state index in [1.165, 1.54) is 6.07 Å². The van der Waals surface area contributed by atoms with Crippen LogP contribution in [-0.4, -0.2) is 6.29 Å². The van der Waals surface area contributed by atoms with Crippen molar-refractivity contribution in [2.75, 3.05) is 0 Å². The molecule has 0 heterocycles. The summed E-state index contributed by atoms with van der Waals surface area (Å²) in [7, 11) is 0. The summed E-state index contributed by atoms with van der Waals surface area (Å²) >= 11 is 2.03.